The van der Waals surface area contributed by atoms with Gasteiger partial charge in [-0.1, -0.05) is 61.5 Å². The summed E-state index contributed by atoms with van der Waals surface area (Å²) in [5.41, 5.74) is 3.97. The maximum atomic E-state index is 14.9. The largest absolute Gasteiger partial charge is 0.380 e. The Kier molecular flexibility index (Phi) is 9.33. The van der Waals surface area contributed by atoms with Crippen LogP contribution in [0.1, 0.15) is 79.0 Å². The SMILES string of the molecule is CCc1cc(C)c(C(O)P(=O)(C2=CCCC=C2)c2ccccc2)c(C)c1C(=O)C[N+](CC)(CC)CC. The number of nitrogens with zero attached hydrogens (tertiary/aromatic N) is 1. The van der Waals surface area contributed by atoms with E-state index in [1.807, 2.05) is 68.5 Å². The summed E-state index contributed by atoms with van der Waals surface area (Å²) in [6, 6.07) is 11.4. The Bertz CT molecular complexity index is 1180. The summed E-state index contributed by atoms with van der Waals surface area (Å²) in [5.74, 6) is -1.12. The predicted molar refractivity (Wildman–Crippen MR) is 151 cm³/mol. The van der Waals surface area contributed by atoms with Crippen molar-refractivity contribution >= 4 is 18.2 Å². The first-order valence-corrected chi connectivity index (χ1v) is 15.2. The summed E-state index contributed by atoms with van der Waals surface area (Å²) in [4.78, 5) is 13.9. The number of Topliss-reactive ketones (excluding diaryl/α,β-unsaturated/α-hetero) is 1. The second-order valence-electron chi connectivity index (χ2n) is 9.97. The van der Waals surface area contributed by atoms with Gasteiger partial charge in [0, 0.05) is 16.2 Å². The number of carbonyl (C=O) groups is 1. The van der Waals surface area contributed by atoms with E-state index in [4.69, 9.17) is 0 Å². The molecule has 36 heavy (non-hydrogen) atoms. The van der Waals surface area contributed by atoms with Crippen LogP contribution in [0.25, 0.3) is 0 Å². The van der Waals surface area contributed by atoms with Crippen molar-refractivity contribution in [2.75, 3.05) is 26.2 Å². The van der Waals surface area contributed by atoms with Crippen LogP contribution in [-0.2, 0) is 11.0 Å². The highest BCUT2D eigenvalue weighted by Gasteiger charge is 2.40. The Labute approximate surface area is 217 Å². The average molecular weight is 509 g/mol. The van der Waals surface area contributed by atoms with Crippen LogP contribution in [0.2, 0.25) is 0 Å². The van der Waals surface area contributed by atoms with Gasteiger partial charge >= 0.3 is 0 Å². The number of aliphatic hydroxyl groups is 1. The molecule has 5 heteroatoms. The highest BCUT2D eigenvalue weighted by atomic mass is 31.2. The van der Waals surface area contributed by atoms with Crippen molar-refractivity contribution in [1.82, 2.24) is 0 Å². The summed E-state index contributed by atoms with van der Waals surface area (Å²) in [6.45, 7) is 15.5. The van der Waals surface area contributed by atoms with Crippen LogP contribution in [0, 0.1) is 13.8 Å². The smallest absolute Gasteiger partial charge is 0.217 e. The molecule has 1 aliphatic rings. The number of quaternary nitrogens is 1. The number of benzene rings is 2. The fraction of sp³-hybridized carbons (Fsp3) is 0.452. The maximum absolute atomic E-state index is 14.9. The molecule has 4 nitrogen and oxygen atoms in total. The van der Waals surface area contributed by atoms with E-state index in [0.717, 1.165) is 60.1 Å². The third-order valence-electron chi connectivity index (χ3n) is 8.17. The summed E-state index contributed by atoms with van der Waals surface area (Å²) in [5, 5.41) is 13.3. The molecule has 0 aromatic heterocycles. The maximum Gasteiger partial charge on any atom is 0.217 e. The van der Waals surface area contributed by atoms with Crippen molar-refractivity contribution in [3.63, 3.8) is 0 Å². The zero-order chi connectivity index (χ0) is 26.5. The first kappa shape index (κ1) is 28.3. The van der Waals surface area contributed by atoms with Crippen molar-refractivity contribution in [3.8, 4) is 0 Å². The molecule has 0 bridgehead atoms. The van der Waals surface area contributed by atoms with Crippen molar-refractivity contribution < 1.29 is 18.9 Å². The molecular weight excluding hydrogens is 465 g/mol. The van der Waals surface area contributed by atoms with Gasteiger partial charge in [0.1, 0.15) is 12.4 Å². The van der Waals surface area contributed by atoms with Gasteiger partial charge in [0.2, 0.25) is 5.78 Å². The molecule has 0 amide bonds. The Morgan fingerprint density at radius 2 is 1.67 bits per heavy atom. The molecule has 2 aromatic carbocycles. The lowest BCUT2D eigenvalue weighted by Gasteiger charge is -2.35. The van der Waals surface area contributed by atoms with Gasteiger partial charge in [-0.05, 0) is 76.1 Å². The minimum absolute atomic E-state index is 0.106. The van der Waals surface area contributed by atoms with E-state index >= 15 is 0 Å². The first-order chi connectivity index (χ1) is 17.2. The number of aliphatic hydroxyl groups excluding tert-OH is 1. The second-order valence-corrected chi connectivity index (χ2v) is 12.8. The van der Waals surface area contributed by atoms with Crippen LogP contribution >= 0.6 is 7.14 Å². The number of allylic oxidation sites excluding steroid dienone is 4. The quantitative estimate of drug-likeness (QED) is 0.205. The lowest BCUT2D eigenvalue weighted by molar-refractivity contribution is -0.915. The number of aryl methyl sites for hydroxylation is 2. The molecule has 0 spiro atoms. The van der Waals surface area contributed by atoms with Gasteiger partial charge in [0.25, 0.3) is 0 Å². The van der Waals surface area contributed by atoms with E-state index in [1.54, 1.807) is 0 Å². The molecule has 0 aliphatic heterocycles. The average Bonchev–Trinajstić information content (AvgIpc) is 2.91. The van der Waals surface area contributed by atoms with Crippen molar-refractivity contribution in [3.05, 3.63) is 87.8 Å². The minimum Gasteiger partial charge on any atom is -0.380 e. The van der Waals surface area contributed by atoms with Crippen LogP contribution in [0.5, 0.6) is 0 Å². The molecule has 2 aromatic rings. The van der Waals surface area contributed by atoms with E-state index in [-0.39, 0.29) is 5.78 Å². The molecule has 194 valence electrons. The molecule has 1 aliphatic carbocycles. The summed E-state index contributed by atoms with van der Waals surface area (Å²) in [6.07, 6.45) is 8.38. The molecular formula is C31H43NO3P+. The normalized spacial score (nSPS) is 16.4. The molecule has 0 fully saturated rings. The van der Waals surface area contributed by atoms with E-state index in [2.05, 4.69) is 27.7 Å². The number of ketones is 1. The lowest BCUT2D eigenvalue weighted by atomic mass is 9.89. The van der Waals surface area contributed by atoms with Gasteiger partial charge in [0.15, 0.2) is 7.14 Å². The topological polar surface area (TPSA) is 54.4 Å². The van der Waals surface area contributed by atoms with Gasteiger partial charge < -0.3 is 14.2 Å². The Hall–Kier alpha value is -2.26. The molecule has 0 heterocycles. The molecule has 0 saturated carbocycles. The highest BCUT2D eigenvalue weighted by molar-refractivity contribution is 7.75. The minimum atomic E-state index is -3.43. The van der Waals surface area contributed by atoms with Crippen LogP contribution in [0.15, 0.2) is 59.9 Å². The highest BCUT2D eigenvalue weighted by Crippen LogP contribution is 2.64. The van der Waals surface area contributed by atoms with Crippen molar-refractivity contribution in [1.29, 1.82) is 0 Å². The molecule has 1 N–H and O–H groups in total. The fourth-order valence-electron chi connectivity index (χ4n) is 5.65. The predicted octanol–water partition coefficient (Wildman–Crippen LogP) is 6.84. The lowest BCUT2D eigenvalue weighted by Crippen LogP contribution is -2.51. The Balaban J connectivity index is 2.21. The Morgan fingerprint density at radius 1 is 1.03 bits per heavy atom. The fourth-order valence-corrected chi connectivity index (χ4v) is 8.61. The van der Waals surface area contributed by atoms with Crippen LogP contribution in [0.3, 0.4) is 0 Å². The zero-order valence-corrected chi connectivity index (χ0v) is 23.8. The Morgan fingerprint density at radius 3 is 2.19 bits per heavy atom. The van der Waals surface area contributed by atoms with E-state index in [1.165, 1.54) is 0 Å². The van der Waals surface area contributed by atoms with Gasteiger partial charge in [-0.15, -0.1) is 0 Å². The van der Waals surface area contributed by atoms with E-state index < -0.39 is 13.0 Å². The molecule has 3 rings (SSSR count). The standard InChI is InChI=1S/C31H43NO3P/c1-7-25-21-23(5)29(24(6)30(25)28(33)22-32(8-2,9-3)10-4)31(34)36(35,26-17-13-11-14-18-26)27-19-15-12-16-20-27/h11,13-15,17-21,31,34H,7-10,12,16,22H2,1-6H3/q+1. The first-order valence-electron chi connectivity index (χ1n) is 13.4. The number of hydrogen-bond donors (Lipinski definition) is 1. The van der Waals surface area contributed by atoms with Crippen LogP contribution in [-0.4, -0.2) is 41.6 Å². The van der Waals surface area contributed by atoms with Crippen molar-refractivity contribution in [2.45, 2.75) is 66.6 Å². The van der Waals surface area contributed by atoms with E-state index in [0.29, 0.717) is 28.3 Å². The number of hydrogen-bond acceptors (Lipinski definition) is 3. The summed E-state index contributed by atoms with van der Waals surface area (Å²) in [7, 11) is -3.43. The van der Waals surface area contributed by atoms with Gasteiger partial charge in [-0.25, -0.2) is 0 Å². The summed E-state index contributed by atoms with van der Waals surface area (Å²) < 4.78 is 15.7. The third-order valence-corrected chi connectivity index (χ3v) is 11.3. The second kappa shape index (κ2) is 11.9. The van der Waals surface area contributed by atoms with Gasteiger partial charge in [0.05, 0.1) is 19.6 Å². The zero-order valence-electron chi connectivity index (χ0n) is 22.9. The number of likely N-dealkylation sites (N-methyl/N-ethyl adjacent to an activating group) is 1. The number of carbonyl (C=O) groups excluding carboxylic acids is 1. The third kappa shape index (κ3) is 5.23. The number of rotatable bonds is 11. The molecule has 0 saturated heterocycles. The molecule has 0 radical (unpaired) electrons. The van der Waals surface area contributed by atoms with Crippen molar-refractivity contribution in [2.24, 2.45) is 0 Å². The van der Waals surface area contributed by atoms with Gasteiger partial charge in [-0.2, -0.15) is 0 Å². The van der Waals surface area contributed by atoms with E-state index in [9.17, 15) is 14.5 Å². The molecule has 2 unspecified atom stereocenters. The molecule has 2 atom stereocenters. The monoisotopic (exact) mass is 508 g/mol. The van der Waals surface area contributed by atoms with Gasteiger partial charge in [-0.3, -0.25) is 4.79 Å². The van der Waals surface area contributed by atoms with Crippen LogP contribution in [0.4, 0.5) is 0 Å². The summed E-state index contributed by atoms with van der Waals surface area (Å²) >= 11 is 0. The van der Waals surface area contributed by atoms with Crippen LogP contribution < -0.4 is 5.30 Å².